The second kappa shape index (κ2) is 15.6. The fourth-order valence-corrected chi connectivity index (χ4v) is 6.47. The van der Waals surface area contributed by atoms with Crippen molar-refractivity contribution in [1.82, 2.24) is 39.0 Å². The van der Waals surface area contributed by atoms with Gasteiger partial charge in [0.15, 0.2) is 34.8 Å². The summed E-state index contributed by atoms with van der Waals surface area (Å²) in [7, 11) is -3.59. The SMILES string of the molecule is COOP(=O)(OC[C@H]1OC(n2cnc3c(=O)[nH]c(N)nc32)[C@H](OP=O)[C@@H]1O)O[C@H]([C@H](O)[C@@H](COCS)OC)n1cnc2c(=O)[nH]c(N)nc21. The highest BCUT2D eigenvalue weighted by Crippen LogP contribution is 2.54. The zero-order chi connectivity index (χ0) is 35.5. The number of aliphatic hydroxyl groups is 2. The molecule has 24 nitrogen and oxygen atoms in total. The van der Waals surface area contributed by atoms with E-state index in [1.54, 1.807) is 0 Å². The molecule has 2 unspecified atom stereocenters. The number of methoxy groups -OCH3 is 1. The van der Waals surface area contributed by atoms with Gasteiger partial charge in [0.05, 0.1) is 38.9 Å². The van der Waals surface area contributed by atoms with Gasteiger partial charge in [-0.25, -0.2) is 24.0 Å². The van der Waals surface area contributed by atoms with Crippen molar-refractivity contribution >= 4 is 63.4 Å². The predicted molar refractivity (Wildman–Crippen MR) is 166 cm³/mol. The van der Waals surface area contributed by atoms with Crippen molar-refractivity contribution in [2.45, 2.75) is 43.0 Å². The van der Waals surface area contributed by atoms with Crippen LogP contribution in [-0.4, -0.2) is 113 Å². The zero-order valence-corrected chi connectivity index (χ0v) is 28.0. The van der Waals surface area contributed by atoms with Crippen LogP contribution in [0.15, 0.2) is 22.2 Å². The van der Waals surface area contributed by atoms with Gasteiger partial charge in [-0.1, -0.05) is 0 Å². The first-order valence-corrected chi connectivity index (χ1v) is 16.6. The van der Waals surface area contributed by atoms with E-state index in [9.17, 15) is 28.9 Å². The first-order chi connectivity index (χ1) is 23.4. The van der Waals surface area contributed by atoms with Gasteiger partial charge >= 0.3 is 16.5 Å². The largest absolute Gasteiger partial charge is 0.504 e. The van der Waals surface area contributed by atoms with Crippen molar-refractivity contribution in [3.63, 3.8) is 0 Å². The molecule has 0 saturated carbocycles. The van der Waals surface area contributed by atoms with E-state index in [4.69, 9.17) is 43.9 Å². The van der Waals surface area contributed by atoms with Gasteiger partial charge in [0, 0.05) is 7.11 Å². The Bertz CT molecular complexity index is 1940. The smallest absolute Gasteiger partial charge is 0.387 e. The molecule has 0 amide bonds. The lowest BCUT2D eigenvalue weighted by Gasteiger charge is -2.31. The van der Waals surface area contributed by atoms with Gasteiger partial charge in [0.25, 0.3) is 11.1 Å². The lowest BCUT2D eigenvalue weighted by molar-refractivity contribution is -0.214. The van der Waals surface area contributed by atoms with Crippen LogP contribution in [0.5, 0.6) is 0 Å². The highest BCUT2D eigenvalue weighted by atomic mass is 32.1. The zero-order valence-electron chi connectivity index (χ0n) is 25.3. The second-order valence-corrected chi connectivity index (χ2v) is 12.1. The molecule has 49 heavy (non-hydrogen) atoms. The van der Waals surface area contributed by atoms with Crippen molar-refractivity contribution in [2.24, 2.45) is 0 Å². The maximum atomic E-state index is 14.0. The van der Waals surface area contributed by atoms with Gasteiger partial charge in [-0.05, 0) is 0 Å². The predicted octanol–water partition coefficient (Wildman–Crippen LogP) is -1.23. The van der Waals surface area contributed by atoms with E-state index in [-0.39, 0.29) is 46.8 Å². The molecule has 8 atom stereocenters. The summed E-state index contributed by atoms with van der Waals surface area (Å²) in [5.74, 6) is -0.611. The molecule has 27 heteroatoms. The Hall–Kier alpha value is -3.42. The van der Waals surface area contributed by atoms with E-state index >= 15 is 0 Å². The third-order valence-corrected chi connectivity index (χ3v) is 8.86. The number of fused-ring (bicyclic) bond motifs is 2. The van der Waals surface area contributed by atoms with Crippen LogP contribution in [0.25, 0.3) is 22.3 Å². The molecule has 5 heterocycles. The number of nitrogens with two attached hydrogens (primary N) is 2. The number of hydrogen-bond donors (Lipinski definition) is 7. The number of aliphatic hydroxyl groups excluding tert-OH is 2. The lowest BCUT2D eigenvalue weighted by Crippen LogP contribution is -2.40. The molecule has 5 rings (SSSR count). The number of ether oxygens (including phenoxy) is 3. The quantitative estimate of drug-likeness (QED) is 0.0218. The Morgan fingerprint density at radius 1 is 1.12 bits per heavy atom. The van der Waals surface area contributed by atoms with Crippen LogP contribution in [0.3, 0.4) is 0 Å². The number of imidazole rings is 2. The van der Waals surface area contributed by atoms with E-state index in [0.717, 1.165) is 24.3 Å². The van der Waals surface area contributed by atoms with E-state index in [0.29, 0.717) is 0 Å². The van der Waals surface area contributed by atoms with Crippen LogP contribution < -0.4 is 22.6 Å². The summed E-state index contributed by atoms with van der Waals surface area (Å²) in [6, 6.07) is 0. The molecule has 1 aliphatic rings. The topological polar surface area (TPSA) is 328 Å². The minimum Gasteiger partial charge on any atom is -0.387 e. The molecule has 0 spiro atoms. The van der Waals surface area contributed by atoms with E-state index in [1.807, 2.05) is 0 Å². The number of phosphoric acid groups is 1. The molecule has 0 bridgehead atoms. The van der Waals surface area contributed by atoms with E-state index in [1.165, 1.54) is 11.7 Å². The normalized spacial score (nSPS) is 22.9. The molecule has 0 aromatic carbocycles. The summed E-state index contributed by atoms with van der Waals surface area (Å²) in [6.45, 7) is -1.01. The number of nitrogens with one attached hydrogen (secondary N) is 2. The number of H-pyrrole nitrogens is 2. The van der Waals surface area contributed by atoms with Crippen LogP contribution in [0.4, 0.5) is 11.9 Å². The summed E-state index contributed by atoms with van der Waals surface area (Å²) in [4.78, 5) is 50.0. The van der Waals surface area contributed by atoms with Crippen molar-refractivity contribution < 1.29 is 56.7 Å². The van der Waals surface area contributed by atoms with Gasteiger partial charge in [-0.15, -0.1) is 4.67 Å². The van der Waals surface area contributed by atoms with Gasteiger partial charge in [-0.3, -0.25) is 42.3 Å². The van der Waals surface area contributed by atoms with Crippen LogP contribution in [-0.2, 0) is 46.5 Å². The average Bonchev–Trinajstić information content (AvgIpc) is 3.75. The number of phosphoric ester groups is 1. The molecular formula is C22H30N10O14P2S. The third kappa shape index (κ3) is 7.68. The van der Waals surface area contributed by atoms with Crippen molar-refractivity contribution in [1.29, 1.82) is 0 Å². The van der Waals surface area contributed by atoms with Crippen molar-refractivity contribution in [2.75, 3.05) is 44.8 Å². The van der Waals surface area contributed by atoms with Crippen LogP contribution >= 0.6 is 29.1 Å². The molecule has 4 aromatic heterocycles. The molecule has 1 aliphatic heterocycles. The number of aromatic amines is 2. The van der Waals surface area contributed by atoms with Crippen LogP contribution in [0.1, 0.15) is 12.5 Å². The fourth-order valence-electron chi connectivity index (χ4n) is 4.90. The van der Waals surface area contributed by atoms with E-state index < -0.39 is 77.2 Å². The van der Waals surface area contributed by atoms with Crippen molar-refractivity contribution in [3.8, 4) is 0 Å². The Morgan fingerprint density at radius 3 is 2.41 bits per heavy atom. The molecule has 1 fully saturated rings. The molecule has 8 N–H and O–H groups in total. The summed E-state index contributed by atoms with van der Waals surface area (Å²) in [6.07, 6.45) is -8.26. The first kappa shape index (κ1) is 36.9. The summed E-state index contributed by atoms with van der Waals surface area (Å²) in [5.41, 5.74) is 9.41. The number of hydrogen-bond acceptors (Lipinski definition) is 21. The standard InChI is InChI=1S/C22H30N10O14P2S/c1-39-8(3-41-7-49)13(34)19(31-5-25-10-15(31)27-21(23)29-17(10)35)45-48(38,46-40-2)42-4-9-12(33)14(44-47-37)20(43-9)32-6-26-11-16(32)28-22(24)30-18(11)36/h5-6,8-9,12-14,19-20,33-34,49H,3-4,7H2,1-2H3,(H3,23,27,29,35)(H3,24,28,30,36)/t8-,9-,12-,13-,14-,19-,20?,48?/m1/s1. The second-order valence-electron chi connectivity index (χ2n) is 10.00. The lowest BCUT2D eigenvalue weighted by atomic mass is 10.1. The summed E-state index contributed by atoms with van der Waals surface area (Å²) in [5, 5.41) is 22.5. The maximum absolute atomic E-state index is 14.0. The molecule has 4 aromatic rings. The number of nitrogen functional groups attached to an aromatic ring is 2. The van der Waals surface area contributed by atoms with E-state index in [2.05, 4.69) is 47.4 Å². The van der Waals surface area contributed by atoms with Crippen LogP contribution in [0.2, 0.25) is 0 Å². The van der Waals surface area contributed by atoms with Gasteiger partial charge in [-0.2, -0.15) is 22.6 Å². The van der Waals surface area contributed by atoms with Gasteiger partial charge in [0.2, 0.25) is 11.9 Å². The summed E-state index contributed by atoms with van der Waals surface area (Å²) < 4.78 is 65.4. The van der Waals surface area contributed by atoms with Gasteiger partial charge < -0.3 is 35.9 Å². The maximum Gasteiger partial charge on any atom is 0.504 e. The number of anilines is 2. The molecular weight excluding hydrogens is 722 g/mol. The Labute approximate surface area is 280 Å². The monoisotopic (exact) mass is 752 g/mol. The molecule has 0 aliphatic carbocycles. The molecule has 1 saturated heterocycles. The number of aromatic nitrogens is 8. The van der Waals surface area contributed by atoms with Crippen molar-refractivity contribution in [3.05, 3.63) is 33.4 Å². The minimum atomic E-state index is -4.97. The fraction of sp³-hybridized carbons (Fsp3) is 0.545. The minimum absolute atomic E-state index is 0.0515. The Balaban J connectivity index is 1.45. The summed E-state index contributed by atoms with van der Waals surface area (Å²) >= 11 is 3.97. The van der Waals surface area contributed by atoms with Crippen LogP contribution in [0, 0.1) is 0 Å². The third-order valence-electron chi connectivity index (χ3n) is 7.08. The number of thiol groups is 1. The average molecular weight is 753 g/mol. The highest BCUT2D eigenvalue weighted by molar-refractivity contribution is 7.80. The Kier molecular flexibility index (Phi) is 11.8. The highest BCUT2D eigenvalue weighted by Gasteiger charge is 2.49. The molecule has 268 valence electrons. The molecule has 0 radical (unpaired) electrons. The Morgan fingerprint density at radius 2 is 1.78 bits per heavy atom. The van der Waals surface area contributed by atoms with Gasteiger partial charge in [0.1, 0.15) is 30.5 Å². The number of rotatable bonds is 17. The number of nitrogens with zero attached hydrogens (tertiary/aromatic N) is 6. The first-order valence-electron chi connectivity index (χ1n) is 13.8.